The molecule has 1 saturated heterocycles. The lowest BCUT2D eigenvalue weighted by Gasteiger charge is -2.11. The van der Waals surface area contributed by atoms with Crippen molar-refractivity contribution in [1.82, 2.24) is 10.6 Å². The van der Waals surface area contributed by atoms with Gasteiger partial charge in [0, 0.05) is 17.8 Å². The quantitative estimate of drug-likeness (QED) is 0.715. The zero-order valence-corrected chi connectivity index (χ0v) is 9.95. The molecule has 0 saturated carbocycles. The van der Waals surface area contributed by atoms with Gasteiger partial charge < -0.3 is 16.0 Å². The topological polar surface area (TPSA) is 70.2 Å². The third-order valence-electron chi connectivity index (χ3n) is 3.44. The summed E-state index contributed by atoms with van der Waals surface area (Å²) in [5, 5.41) is 8.76. The van der Waals surface area contributed by atoms with E-state index in [2.05, 4.69) is 16.0 Å². The van der Waals surface area contributed by atoms with Crippen molar-refractivity contribution in [3.05, 3.63) is 29.3 Å². The van der Waals surface area contributed by atoms with Crippen LogP contribution >= 0.6 is 0 Å². The highest BCUT2D eigenvalue weighted by Gasteiger charge is 2.23. The Hall–Kier alpha value is -1.88. The van der Waals surface area contributed by atoms with E-state index < -0.39 is 0 Å². The molecule has 0 spiro atoms. The number of anilines is 1. The Kier molecular flexibility index (Phi) is 2.76. The monoisotopic (exact) mass is 245 g/mol. The molecule has 0 radical (unpaired) electrons. The normalized spacial score (nSPS) is 21.6. The van der Waals surface area contributed by atoms with E-state index in [4.69, 9.17) is 0 Å². The molecule has 1 fully saturated rings. The Bertz CT molecular complexity index is 507. The minimum absolute atomic E-state index is 0.0224. The molecule has 2 amide bonds. The van der Waals surface area contributed by atoms with E-state index in [1.54, 1.807) is 6.07 Å². The number of hydrogen-bond donors (Lipinski definition) is 3. The van der Waals surface area contributed by atoms with Gasteiger partial charge in [-0.2, -0.15) is 0 Å². The molecule has 1 aromatic carbocycles. The first-order valence-corrected chi connectivity index (χ1v) is 6.19. The van der Waals surface area contributed by atoms with Gasteiger partial charge in [-0.15, -0.1) is 0 Å². The fourth-order valence-corrected chi connectivity index (χ4v) is 2.43. The third kappa shape index (κ3) is 1.97. The molecule has 1 atom stereocenters. The average Bonchev–Trinajstić information content (AvgIpc) is 3.00. The van der Waals surface area contributed by atoms with Crippen LogP contribution in [0.1, 0.15) is 28.8 Å². The second-order valence-corrected chi connectivity index (χ2v) is 4.69. The molecule has 1 unspecified atom stereocenters. The zero-order chi connectivity index (χ0) is 12.5. The molecule has 1 aromatic rings. The summed E-state index contributed by atoms with van der Waals surface area (Å²) in [6, 6.07) is 5.36. The van der Waals surface area contributed by atoms with Gasteiger partial charge in [-0.25, -0.2) is 0 Å². The molecular formula is C13H15N3O2. The number of rotatable bonds is 2. The Labute approximate surface area is 105 Å². The summed E-state index contributed by atoms with van der Waals surface area (Å²) in [7, 11) is 0. The van der Waals surface area contributed by atoms with Crippen LogP contribution in [0.5, 0.6) is 0 Å². The van der Waals surface area contributed by atoms with E-state index in [1.165, 1.54) is 0 Å². The molecule has 2 aliphatic heterocycles. The molecule has 0 aliphatic carbocycles. The first-order valence-electron chi connectivity index (χ1n) is 6.19. The maximum Gasteiger partial charge on any atom is 0.251 e. The number of carbonyl (C=O) groups excluding carboxylic acids is 2. The van der Waals surface area contributed by atoms with Crippen molar-refractivity contribution in [2.24, 2.45) is 0 Å². The minimum Gasteiger partial charge on any atom is -0.348 e. The fraction of sp³-hybridized carbons (Fsp3) is 0.385. The van der Waals surface area contributed by atoms with Crippen molar-refractivity contribution in [2.45, 2.75) is 25.4 Å². The lowest BCUT2D eigenvalue weighted by molar-refractivity contribution is -0.117. The number of carbonyl (C=O) groups is 2. The predicted molar refractivity (Wildman–Crippen MR) is 67.3 cm³/mol. The van der Waals surface area contributed by atoms with Crippen LogP contribution in [0.25, 0.3) is 0 Å². The Morgan fingerprint density at radius 1 is 1.39 bits per heavy atom. The van der Waals surface area contributed by atoms with E-state index in [9.17, 15) is 9.59 Å². The summed E-state index contributed by atoms with van der Waals surface area (Å²) in [6.07, 6.45) is 1.90. The molecule has 5 heteroatoms. The number of hydrogen-bond acceptors (Lipinski definition) is 3. The average molecular weight is 245 g/mol. The Balaban J connectivity index is 1.75. The van der Waals surface area contributed by atoms with Crippen molar-refractivity contribution >= 4 is 17.5 Å². The van der Waals surface area contributed by atoms with Gasteiger partial charge in [-0.05, 0) is 37.1 Å². The van der Waals surface area contributed by atoms with Gasteiger partial charge in [0.2, 0.25) is 5.91 Å². The Morgan fingerprint density at radius 3 is 3.06 bits per heavy atom. The van der Waals surface area contributed by atoms with Crippen molar-refractivity contribution in [3.63, 3.8) is 0 Å². The molecular weight excluding hydrogens is 230 g/mol. The SMILES string of the molecule is O=C1NCc2ccc(NC(=O)C3CCCN3)cc21. The minimum atomic E-state index is -0.105. The number of amides is 2. The summed E-state index contributed by atoms with van der Waals surface area (Å²) in [5.74, 6) is -0.0917. The van der Waals surface area contributed by atoms with Crippen LogP contribution in [0.2, 0.25) is 0 Å². The maximum absolute atomic E-state index is 11.9. The summed E-state index contributed by atoms with van der Waals surface area (Å²) in [6.45, 7) is 1.47. The summed E-state index contributed by atoms with van der Waals surface area (Å²) in [5.41, 5.74) is 2.33. The van der Waals surface area contributed by atoms with Crippen LogP contribution in [0.3, 0.4) is 0 Å². The molecule has 94 valence electrons. The van der Waals surface area contributed by atoms with Crippen molar-refractivity contribution in [1.29, 1.82) is 0 Å². The third-order valence-corrected chi connectivity index (χ3v) is 3.44. The van der Waals surface area contributed by atoms with Crippen LogP contribution in [0, 0.1) is 0 Å². The smallest absolute Gasteiger partial charge is 0.251 e. The molecule has 0 aromatic heterocycles. The lowest BCUT2D eigenvalue weighted by atomic mass is 10.1. The molecule has 5 nitrogen and oxygen atoms in total. The van der Waals surface area contributed by atoms with E-state index in [-0.39, 0.29) is 17.9 Å². The van der Waals surface area contributed by atoms with E-state index in [1.807, 2.05) is 12.1 Å². The van der Waals surface area contributed by atoms with Crippen molar-refractivity contribution in [3.8, 4) is 0 Å². The Morgan fingerprint density at radius 2 is 2.28 bits per heavy atom. The zero-order valence-electron chi connectivity index (χ0n) is 9.95. The first kappa shape index (κ1) is 11.2. The molecule has 2 aliphatic rings. The second kappa shape index (κ2) is 4.42. The van der Waals surface area contributed by atoms with Crippen LogP contribution < -0.4 is 16.0 Å². The van der Waals surface area contributed by atoms with Crippen LogP contribution in [0.15, 0.2) is 18.2 Å². The number of fused-ring (bicyclic) bond motifs is 1. The van der Waals surface area contributed by atoms with Gasteiger partial charge in [0.1, 0.15) is 0 Å². The van der Waals surface area contributed by atoms with E-state index >= 15 is 0 Å². The molecule has 18 heavy (non-hydrogen) atoms. The van der Waals surface area contributed by atoms with E-state index in [0.29, 0.717) is 17.8 Å². The van der Waals surface area contributed by atoms with Gasteiger partial charge in [0.25, 0.3) is 5.91 Å². The van der Waals surface area contributed by atoms with Gasteiger partial charge >= 0.3 is 0 Å². The second-order valence-electron chi connectivity index (χ2n) is 4.69. The lowest BCUT2D eigenvalue weighted by Crippen LogP contribution is -2.35. The number of benzene rings is 1. The van der Waals surface area contributed by atoms with Gasteiger partial charge in [0.15, 0.2) is 0 Å². The largest absolute Gasteiger partial charge is 0.348 e. The fourth-order valence-electron chi connectivity index (χ4n) is 2.43. The predicted octanol–water partition coefficient (Wildman–Crippen LogP) is 0.620. The van der Waals surface area contributed by atoms with Crippen LogP contribution in [-0.2, 0) is 11.3 Å². The highest BCUT2D eigenvalue weighted by atomic mass is 16.2. The molecule has 3 rings (SSSR count). The van der Waals surface area contributed by atoms with E-state index in [0.717, 1.165) is 24.9 Å². The number of nitrogens with one attached hydrogen (secondary N) is 3. The van der Waals surface area contributed by atoms with Gasteiger partial charge in [0.05, 0.1) is 6.04 Å². The highest BCUT2D eigenvalue weighted by Crippen LogP contribution is 2.20. The van der Waals surface area contributed by atoms with Crippen molar-refractivity contribution in [2.75, 3.05) is 11.9 Å². The standard InChI is InChI=1S/C13H15N3O2/c17-12-10-6-9(4-3-8(10)7-15-12)16-13(18)11-2-1-5-14-11/h3-4,6,11,14H,1-2,5,7H2,(H,15,17)(H,16,18). The highest BCUT2D eigenvalue weighted by molar-refractivity contribution is 6.01. The molecule has 3 N–H and O–H groups in total. The summed E-state index contributed by atoms with van der Waals surface area (Å²) < 4.78 is 0. The first-order chi connectivity index (χ1) is 8.74. The van der Waals surface area contributed by atoms with Crippen molar-refractivity contribution < 1.29 is 9.59 Å². The van der Waals surface area contributed by atoms with Crippen LogP contribution in [0.4, 0.5) is 5.69 Å². The van der Waals surface area contributed by atoms with Gasteiger partial charge in [-0.1, -0.05) is 6.07 Å². The summed E-state index contributed by atoms with van der Waals surface area (Å²) >= 11 is 0. The van der Waals surface area contributed by atoms with Crippen LogP contribution in [-0.4, -0.2) is 24.4 Å². The maximum atomic E-state index is 11.9. The van der Waals surface area contributed by atoms with Gasteiger partial charge in [-0.3, -0.25) is 9.59 Å². The molecule has 0 bridgehead atoms. The summed E-state index contributed by atoms with van der Waals surface area (Å²) in [4.78, 5) is 23.4. The molecule has 2 heterocycles.